The van der Waals surface area contributed by atoms with E-state index in [1.807, 2.05) is 42.5 Å². The number of carbonyl (C=O) groups is 2. The zero-order valence-electron chi connectivity index (χ0n) is 18.7. The molecule has 0 radical (unpaired) electrons. The third-order valence-corrected chi connectivity index (χ3v) is 5.60. The second-order valence-electron chi connectivity index (χ2n) is 8.04. The van der Waals surface area contributed by atoms with Gasteiger partial charge in [-0.25, -0.2) is 0 Å². The van der Waals surface area contributed by atoms with Crippen LogP contribution in [0.15, 0.2) is 60.7 Å². The summed E-state index contributed by atoms with van der Waals surface area (Å²) < 4.78 is 5.20. The smallest absolute Gasteiger partial charge is 0.229 e. The molecule has 2 N–H and O–H groups in total. The van der Waals surface area contributed by atoms with Crippen LogP contribution in [0.25, 0.3) is 11.3 Å². The second-order valence-corrected chi connectivity index (χ2v) is 8.04. The second kappa shape index (κ2) is 10.1. The molecule has 1 saturated heterocycles. The molecule has 1 atom stereocenters. The van der Waals surface area contributed by atoms with Crippen LogP contribution in [0, 0.1) is 5.92 Å². The van der Waals surface area contributed by atoms with Gasteiger partial charge in [-0.15, -0.1) is 10.2 Å². The third-order valence-electron chi connectivity index (χ3n) is 5.60. The number of benzene rings is 2. The van der Waals surface area contributed by atoms with Crippen molar-refractivity contribution in [2.45, 2.75) is 19.8 Å². The summed E-state index contributed by atoms with van der Waals surface area (Å²) in [4.78, 5) is 26.3. The van der Waals surface area contributed by atoms with Crippen molar-refractivity contribution in [2.75, 3.05) is 35.7 Å². The number of hydrogen-bond acceptors (Lipinski definition) is 6. The fourth-order valence-electron chi connectivity index (χ4n) is 3.93. The molecular formula is C25H27N5O3. The van der Waals surface area contributed by atoms with E-state index in [1.54, 1.807) is 25.3 Å². The van der Waals surface area contributed by atoms with Gasteiger partial charge >= 0.3 is 0 Å². The van der Waals surface area contributed by atoms with E-state index >= 15 is 0 Å². The lowest BCUT2D eigenvalue weighted by Gasteiger charge is -2.32. The molecule has 8 heteroatoms. The molecule has 2 heterocycles. The first-order valence-electron chi connectivity index (χ1n) is 10.9. The number of aromatic nitrogens is 2. The quantitative estimate of drug-likeness (QED) is 0.596. The van der Waals surface area contributed by atoms with Crippen molar-refractivity contribution in [1.29, 1.82) is 0 Å². The van der Waals surface area contributed by atoms with E-state index in [0.717, 1.165) is 42.2 Å². The maximum Gasteiger partial charge on any atom is 0.229 e. The van der Waals surface area contributed by atoms with Crippen molar-refractivity contribution in [3.8, 4) is 17.0 Å². The highest BCUT2D eigenvalue weighted by atomic mass is 16.5. The fraction of sp³-hybridized carbons (Fsp3) is 0.280. The van der Waals surface area contributed by atoms with Gasteiger partial charge in [0.1, 0.15) is 5.75 Å². The summed E-state index contributed by atoms with van der Waals surface area (Å²) in [5.41, 5.74) is 3.06. The van der Waals surface area contributed by atoms with Crippen molar-refractivity contribution in [3.05, 3.63) is 60.7 Å². The van der Waals surface area contributed by atoms with Crippen molar-refractivity contribution in [3.63, 3.8) is 0 Å². The van der Waals surface area contributed by atoms with Crippen LogP contribution < -0.4 is 20.3 Å². The van der Waals surface area contributed by atoms with Gasteiger partial charge in [-0.05, 0) is 67.4 Å². The van der Waals surface area contributed by atoms with Crippen molar-refractivity contribution in [2.24, 2.45) is 5.92 Å². The minimum atomic E-state index is -0.161. The van der Waals surface area contributed by atoms with E-state index in [2.05, 4.69) is 25.7 Å². The Labute approximate surface area is 193 Å². The van der Waals surface area contributed by atoms with E-state index in [9.17, 15) is 9.59 Å². The summed E-state index contributed by atoms with van der Waals surface area (Å²) in [5, 5.41) is 14.5. The molecule has 0 aliphatic carbocycles. The fourth-order valence-corrected chi connectivity index (χ4v) is 3.93. The molecule has 0 saturated carbocycles. The highest BCUT2D eigenvalue weighted by Crippen LogP contribution is 2.25. The number of carbonyl (C=O) groups excluding carboxylic acids is 2. The zero-order chi connectivity index (χ0) is 23.2. The van der Waals surface area contributed by atoms with Crippen LogP contribution >= 0.6 is 0 Å². The average molecular weight is 446 g/mol. The summed E-state index contributed by atoms with van der Waals surface area (Å²) in [6.45, 7) is 2.86. The van der Waals surface area contributed by atoms with Crippen LogP contribution in [0.5, 0.6) is 5.75 Å². The Morgan fingerprint density at radius 1 is 1.00 bits per heavy atom. The average Bonchev–Trinajstić information content (AvgIpc) is 2.84. The first-order valence-corrected chi connectivity index (χ1v) is 10.9. The molecule has 1 aromatic heterocycles. The molecule has 0 spiro atoms. The van der Waals surface area contributed by atoms with Crippen LogP contribution in [0.1, 0.15) is 19.8 Å². The van der Waals surface area contributed by atoms with Crippen molar-refractivity contribution < 1.29 is 14.3 Å². The standard InChI is InChI=1S/C25H27N5O3/c1-17(31)26-20-6-3-7-21(15-20)27-25(32)19-5-4-14-30(16-19)24-13-12-23(28-29-24)18-8-10-22(33-2)11-9-18/h3,6-13,15,19H,4-5,14,16H2,1-2H3,(H,26,31)(H,27,32). The Hall–Kier alpha value is -3.94. The number of rotatable bonds is 6. The Kier molecular flexibility index (Phi) is 6.83. The normalized spacial score (nSPS) is 15.6. The number of methoxy groups -OCH3 is 1. The predicted molar refractivity (Wildman–Crippen MR) is 128 cm³/mol. The van der Waals surface area contributed by atoms with E-state index in [-0.39, 0.29) is 17.7 Å². The van der Waals surface area contributed by atoms with Gasteiger partial charge in [0.05, 0.1) is 18.7 Å². The van der Waals surface area contributed by atoms with Crippen LogP contribution in [0.4, 0.5) is 17.2 Å². The minimum Gasteiger partial charge on any atom is -0.497 e. The summed E-state index contributed by atoms with van der Waals surface area (Å²) in [6.07, 6.45) is 1.71. The molecule has 1 unspecified atom stereocenters. The first-order chi connectivity index (χ1) is 16.0. The number of anilines is 3. The van der Waals surface area contributed by atoms with Crippen LogP contribution in [0.2, 0.25) is 0 Å². The molecule has 3 aromatic rings. The molecule has 1 aliphatic rings. The number of amides is 2. The lowest BCUT2D eigenvalue weighted by molar-refractivity contribution is -0.120. The van der Waals surface area contributed by atoms with Gasteiger partial charge in [0.15, 0.2) is 5.82 Å². The number of hydrogen-bond donors (Lipinski definition) is 2. The highest BCUT2D eigenvalue weighted by molar-refractivity contribution is 5.94. The molecule has 33 heavy (non-hydrogen) atoms. The molecule has 1 aliphatic heterocycles. The summed E-state index contributed by atoms with van der Waals surface area (Å²) in [5.74, 6) is 1.20. The van der Waals surface area contributed by atoms with Crippen LogP contribution in [-0.2, 0) is 9.59 Å². The molecule has 2 amide bonds. The van der Waals surface area contributed by atoms with Gasteiger partial charge in [-0.1, -0.05) is 6.07 Å². The molecular weight excluding hydrogens is 418 g/mol. The Morgan fingerprint density at radius 2 is 1.76 bits per heavy atom. The summed E-state index contributed by atoms with van der Waals surface area (Å²) >= 11 is 0. The molecule has 1 fully saturated rings. The monoisotopic (exact) mass is 445 g/mol. The SMILES string of the molecule is COc1ccc(-c2ccc(N3CCCC(C(=O)Nc4cccc(NC(C)=O)c4)C3)nn2)cc1. The maximum atomic E-state index is 12.9. The third kappa shape index (κ3) is 5.65. The zero-order valence-corrected chi connectivity index (χ0v) is 18.7. The number of piperidine rings is 1. The van der Waals surface area contributed by atoms with Gasteiger partial charge in [0.2, 0.25) is 11.8 Å². The minimum absolute atomic E-state index is 0.0394. The molecule has 170 valence electrons. The largest absolute Gasteiger partial charge is 0.497 e. The maximum absolute atomic E-state index is 12.9. The van der Waals surface area contributed by atoms with Gasteiger partial charge in [0.25, 0.3) is 0 Å². The molecule has 2 aromatic carbocycles. The Balaban J connectivity index is 1.39. The lowest BCUT2D eigenvalue weighted by atomic mass is 9.97. The molecule has 8 nitrogen and oxygen atoms in total. The van der Waals surface area contributed by atoms with Crippen molar-refractivity contribution >= 4 is 29.0 Å². The topological polar surface area (TPSA) is 96.5 Å². The van der Waals surface area contributed by atoms with Gasteiger partial charge in [0, 0.05) is 37.0 Å². The van der Waals surface area contributed by atoms with E-state index < -0.39 is 0 Å². The number of nitrogens with one attached hydrogen (secondary N) is 2. The van der Waals surface area contributed by atoms with Crippen molar-refractivity contribution in [1.82, 2.24) is 10.2 Å². The lowest BCUT2D eigenvalue weighted by Crippen LogP contribution is -2.41. The van der Waals surface area contributed by atoms with Gasteiger partial charge in [-0.3, -0.25) is 9.59 Å². The molecule has 0 bridgehead atoms. The molecule has 4 rings (SSSR count). The van der Waals surface area contributed by atoms with E-state index in [4.69, 9.17) is 4.74 Å². The Morgan fingerprint density at radius 3 is 2.42 bits per heavy atom. The Bertz CT molecular complexity index is 1120. The number of nitrogens with zero attached hydrogens (tertiary/aromatic N) is 3. The van der Waals surface area contributed by atoms with Crippen LogP contribution in [0.3, 0.4) is 0 Å². The van der Waals surface area contributed by atoms with Crippen LogP contribution in [-0.4, -0.2) is 42.2 Å². The van der Waals surface area contributed by atoms with Gasteiger partial charge < -0.3 is 20.3 Å². The number of ether oxygens (including phenoxy) is 1. The first kappa shape index (κ1) is 22.3. The van der Waals surface area contributed by atoms with E-state index in [1.165, 1.54) is 6.92 Å². The summed E-state index contributed by atoms with van der Waals surface area (Å²) in [7, 11) is 1.64. The predicted octanol–water partition coefficient (Wildman–Crippen LogP) is 3.97. The van der Waals surface area contributed by atoms with E-state index in [0.29, 0.717) is 17.9 Å². The highest BCUT2D eigenvalue weighted by Gasteiger charge is 2.27. The summed E-state index contributed by atoms with van der Waals surface area (Å²) in [6, 6.07) is 18.7. The van der Waals surface area contributed by atoms with Gasteiger partial charge in [-0.2, -0.15) is 0 Å².